The zero-order valence-corrected chi connectivity index (χ0v) is 17.0. The third-order valence-electron chi connectivity index (χ3n) is 6.07. The van der Waals surface area contributed by atoms with Crippen LogP contribution in [0, 0.1) is 19.3 Å². The lowest BCUT2D eigenvalue weighted by atomic mass is 9.69. The Labute approximate surface area is 166 Å². The van der Waals surface area contributed by atoms with Crippen LogP contribution in [0.15, 0.2) is 54.0 Å². The van der Waals surface area contributed by atoms with E-state index in [4.69, 9.17) is 0 Å². The van der Waals surface area contributed by atoms with Crippen molar-refractivity contribution in [1.82, 2.24) is 4.98 Å². The molecule has 4 nitrogen and oxygen atoms in total. The number of hydrogen-bond acceptors (Lipinski definition) is 3. The molecule has 0 radical (unpaired) electrons. The maximum atomic E-state index is 13.4. The molecule has 1 atom stereocenters. The standard InChI is InChI=1S/C24H26N2O2/c1-15-6-5-7-19(16(15)2)26-20-13-24(3,4)14-21(27)23(20)18(12-22(26)28)17-8-10-25-11-9-17/h5-11,18H,12-14H2,1-4H3. The van der Waals surface area contributed by atoms with Crippen molar-refractivity contribution in [2.24, 2.45) is 5.41 Å². The summed E-state index contributed by atoms with van der Waals surface area (Å²) in [4.78, 5) is 32.6. The molecule has 4 rings (SSSR count). The predicted molar refractivity (Wildman–Crippen MR) is 110 cm³/mol. The van der Waals surface area contributed by atoms with Crippen molar-refractivity contribution in [3.8, 4) is 0 Å². The topological polar surface area (TPSA) is 50.3 Å². The summed E-state index contributed by atoms with van der Waals surface area (Å²) in [6, 6.07) is 9.87. The quantitative estimate of drug-likeness (QED) is 0.754. The van der Waals surface area contributed by atoms with Gasteiger partial charge in [-0.1, -0.05) is 26.0 Å². The first kappa shape index (κ1) is 18.6. The van der Waals surface area contributed by atoms with Crippen LogP contribution in [0.5, 0.6) is 0 Å². The van der Waals surface area contributed by atoms with Gasteiger partial charge in [-0.05, 0) is 60.6 Å². The van der Waals surface area contributed by atoms with Crippen molar-refractivity contribution in [3.05, 3.63) is 70.7 Å². The number of benzene rings is 1. The van der Waals surface area contributed by atoms with Gasteiger partial charge in [0.25, 0.3) is 0 Å². The molecule has 0 N–H and O–H groups in total. The molecular weight excluding hydrogens is 348 g/mol. The molecule has 1 amide bonds. The monoisotopic (exact) mass is 374 g/mol. The molecule has 1 unspecified atom stereocenters. The maximum absolute atomic E-state index is 13.4. The Morgan fingerprint density at radius 2 is 1.75 bits per heavy atom. The Morgan fingerprint density at radius 3 is 2.46 bits per heavy atom. The van der Waals surface area contributed by atoms with Crippen LogP contribution >= 0.6 is 0 Å². The molecule has 4 heteroatoms. The van der Waals surface area contributed by atoms with Gasteiger partial charge >= 0.3 is 0 Å². The predicted octanol–water partition coefficient (Wildman–Crippen LogP) is 4.86. The number of anilines is 1. The minimum Gasteiger partial charge on any atom is -0.294 e. The van der Waals surface area contributed by atoms with Crippen LogP contribution < -0.4 is 4.90 Å². The van der Waals surface area contributed by atoms with Crippen molar-refractivity contribution < 1.29 is 9.59 Å². The fourth-order valence-electron chi connectivity index (χ4n) is 4.55. The third-order valence-corrected chi connectivity index (χ3v) is 6.07. The fourth-order valence-corrected chi connectivity index (χ4v) is 4.55. The highest BCUT2D eigenvalue weighted by molar-refractivity contribution is 6.08. The van der Waals surface area contributed by atoms with Crippen LogP contribution in [-0.2, 0) is 9.59 Å². The lowest BCUT2D eigenvalue weighted by Crippen LogP contribution is -2.44. The van der Waals surface area contributed by atoms with Gasteiger partial charge in [-0.25, -0.2) is 0 Å². The van der Waals surface area contributed by atoms with Crippen molar-refractivity contribution in [2.45, 2.75) is 52.9 Å². The van der Waals surface area contributed by atoms with Gasteiger partial charge in [0.1, 0.15) is 0 Å². The molecule has 1 aromatic heterocycles. The van der Waals surface area contributed by atoms with Crippen LogP contribution in [0.3, 0.4) is 0 Å². The number of carbonyl (C=O) groups is 2. The average Bonchev–Trinajstić information content (AvgIpc) is 2.63. The average molecular weight is 374 g/mol. The summed E-state index contributed by atoms with van der Waals surface area (Å²) in [5.74, 6) is 0.0334. The number of hydrogen-bond donors (Lipinski definition) is 0. The van der Waals surface area contributed by atoms with E-state index in [0.29, 0.717) is 12.8 Å². The minimum absolute atomic E-state index is 0.0553. The molecular formula is C24H26N2O2. The Hall–Kier alpha value is -2.75. The number of ketones is 1. The second-order valence-electron chi connectivity index (χ2n) is 8.79. The SMILES string of the molecule is Cc1cccc(N2C(=O)CC(c3ccncc3)C3=C2CC(C)(C)CC3=O)c1C. The number of carbonyl (C=O) groups excluding carboxylic acids is 2. The van der Waals surface area contributed by atoms with E-state index in [1.165, 1.54) is 0 Å². The van der Waals surface area contributed by atoms with Crippen LogP contribution in [0.1, 0.15) is 55.7 Å². The van der Waals surface area contributed by atoms with Crippen molar-refractivity contribution in [3.63, 3.8) is 0 Å². The normalized spacial score (nSPS) is 21.7. The molecule has 2 heterocycles. The molecule has 144 valence electrons. The number of Topliss-reactive ketones (excluding diaryl/α,β-unsaturated/α-hetero) is 1. The summed E-state index contributed by atoms with van der Waals surface area (Å²) in [6.45, 7) is 8.31. The van der Waals surface area contributed by atoms with Gasteiger partial charge in [0.05, 0.1) is 5.69 Å². The molecule has 0 spiro atoms. The van der Waals surface area contributed by atoms with E-state index in [2.05, 4.69) is 31.8 Å². The molecule has 2 aromatic rings. The molecule has 2 aliphatic rings. The Kier molecular flexibility index (Phi) is 4.45. The van der Waals surface area contributed by atoms with Gasteiger partial charge in [0.2, 0.25) is 5.91 Å². The molecule has 1 aliphatic carbocycles. The highest BCUT2D eigenvalue weighted by Crippen LogP contribution is 2.48. The summed E-state index contributed by atoms with van der Waals surface area (Å²) in [5, 5.41) is 0. The van der Waals surface area contributed by atoms with Crippen LogP contribution in [0.4, 0.5) is 5.69 Å². The summed E-state index contributed by atoms with van der Waals surface area (Å²) in [7, 11) is 0. The van der Waals surface area contributed by atoms with Crippen molar-refractivity contribution in [2.75, 3.05) is 4.90 Å². The van der Waals surface area contributed by atoms with Gasteiger partial charge in [0.15, 0.2) is 5.78 Å². The minimum atomic E-state index is -0.185. The van der Waals surface area contributed by atoms with Crippen molar-refractivity contribution in [1.29, 1.82) is 0 Å². The van der Waals surface area contributed by atoms with Gasteiger partial charge < -0.3 is 0 Å². The second-order valence-corrected chi connectivity index (χ2v) is 8.79. The number of nitrogens with zero attached hydrogens (tertiary/aromatic N) is 2. The van der Waals surface area contributed by atoms with Gasteiger partial charge in [-0.3, -0.25) is 19.5 Å². The van der Waals surface area contributed by atoms with Gasteiger partial charge in [-0.15, -0.1) is 0 Å². The Bertz CT molecular complexity index is 989. The second kappa shape index (κ2) is 6.69. The first-order valence-corrected chi connectivity index (χ1v) is 9.84. The summed E-state index contributed by atoms with van der Waals surface area (Å²) >= 11 is 0. The lowest BCUT2D eigenvalue weighted by Gasteiger charge is -2.43. The van der Waals surface area contributed by atoms with Gasteiger partial charge in [0, 0.05) is 42.4 Å². The number of pyridine rings is 1. The molecule has 0 bridgehead atoms. The van der Waals surface area contributed by atoms with Crippen LogP contribution in [0.2, 0.25) is 0 Å². The number of aryl methyl sites for hydroxylation is 1. The highest BCUT2D eigenvalue weighted by Gasteiger charge is 2.44. The Morgan fingerprint density at radius 1 is 1.04 bits per heavy atom. The molecule has 0 fully saturated rings. The summed E-state index contributed by atoms with van der Waals surface area (Å²) in [5.41, 5.74) is 5.65. The first-order valence-electron chi connectivity index (χ1n) is 9.84. The third kappa shape index (κ3) is 3.07. The molecule has 1 aromatic carbocycles. The van der Waals surface area contributed by atoms with Crippen LogP contribution in [0.25, 0.3) is 0 Å². The summed E-state index contributed by atoms with van der Waals surface area (Å²) < 4.78 is 0. The molecule has 0 saturated heterocycles. The zero-order valence-electron chi connectivity index (χ0n) is 17.0. The van der Waals surface area contributed by atoms with Crippen molar-refractivity contribution >= 4 is 17.4 Å². The molecule has 28 heavy (non-hydrogen) atoms. The van der Waals surface area contributed by atoms with E-state index in [1.54, 1.807) is 12.4 Å². The van der Waals surface area contributed by atoms with E-state index in [0.717, 1.165) is 40.1 Å². The van der Waals surface area contributed by atoms with Crippen LogP contribution in [-0.4, -0.2) is 16.7 Å². The van der Waals surface area contributed by atoms with E-state index in [-0.39, 0.29) is 23.0 Å². The Balaban J connectivity index is 1.94. The number of aromatic nitrogens is 1. The zero-order chi connectivity index (χ0) is 20.1. The van der Waals surface area contributed by atoms with E-state index >= 15 is 0 Å². The smallest absolute Gasteiger partial charge is 0.232 e. The largest absolute Gasteiger partial charge is 0.294 e. The number of amides is 1. The molecule has 1 aliphatic heterocycles. The maximum Gasteiger partial charge on any atom is 0.232 e. The van der Waals surface area contributed by atoms with Gasteiger partial charge in [-0.2, -0.15) is 0 Å². The number of rotatable bonds is 2. The van der Waals surface area contributed by atoms with E-state index in [9.17, 15) is 9.59 Å². The van der Waals surface area contributed by atoms with E-state index < -0.39 is 0 Å². The summed E-state index contributed by atoms with van der Waals surface area (Å²) in [6.07, 6.45) is 5.00. The fraction of sp³-hybridized carbons (Fsp3) is 0.375. The highest BCUT2D eigenvalue weighted by atomic mass is 16.2. The van der Waals surface area contributed by atoms with E-state index in [1.807, 2.05) is 36.1 Å². The lowest BCUT2D eigenvalue weighted by molar-refractivity contribution is -0.121. The first-order chi connectivity index (χ1) is 13.3. The molecule has 0 saturated carbocycles. The number of allylic oxidation sites excluding steroid dienone is 2.